The summed E-state index contributed by atoms with van der Waals surface area (Å²) in [6.07, 6.45) is 2.09. The second-order valence-electron chi connectivity index (χ2n) is 6.78. The molecule has 0 aliphatic heterocycles. The van der Waals surface area contributed by atoms with E-state index in [1.807, 2.05) is 48.5 Å². The van der Waals surface area contributed by atoms with E-state index in [1.165, 1.54) is 14.2 Å². The van der Waals surface area contributed by atoms with E-state index in [1.54, 1.807) is 13.2 Å². The van der Waals surface area contributed by atoms with Gasteiger partial charge in [-0.05, 0) is 0 Å². The van der Waals surface area contributed by atoms with Crippen molar-refractivity contribution in [3.8, 4) is 5.75 Å². The number of hydrogen-bond acceptors (Lipinski definition) is 5. The van der Waals surface area contributed by atoms with Gasteiger partial charge in [0.2, 0.25) is 0 Å². The van der Waals surface area contributed by atoms with Crippen LogP contribution in [0.5, 0.6) is 5.75 Å². The molecule has 152 valence electrons. The summed E-state index contributed by atoms with van der Waals surface area (Å²) in [4.78, 5) is 25.3. The molecule has 6 heteroatoms. The van der Waals surface area contributed by atoms with Gasteiger partial charge < -0.3 is 0 Å². The van der Waals surface area contributed by atoms with Crippen molar-refractivity contribution in [3.05, 3.63) is 66.2 Å². The quantitative estimate of drug-likeness (QED) is 0.362. The number of ether oxygens (including phenoxy) is 3. The van der Waals surface area contributed by atoms with E-state index in [0.717, 1.165) is 26.7 Å². The Hall–Kier alpha value is -2.56. The Morgan fingerprint density at radius 3 is 2.21 bits per heavy atom. The van der Waals surface area contributed by atoms with E-state index in [0.29, 0.717) is 6.42 Å². The van der Waals surface area contributed by atoms with Crippen molar-refractivity contribution in [1.29, 1.82) is 0 Å². The Bertz CT molecular complexity index is 890. The second kappa shape index (κ2) is 9.29. The van der Waals surface area contributed by atoms with Gasteiger partial charge in [0.15, 0.2) is 0 Å². The second-order valence-corrected chi connectivity index (χ2v) is 9.01. The molecule has 1 aliphatic rings. The van der Waals surface area contributed by atoms with E-state index >= 15 is 0 Å². The summed E-state index contributed by atoms with van der Waals surface area (Å²) in [7, 11) is 4.27. The number of methoxy groups -OCH3 is 3. The van der Waals surface area contributed by atoms with Crippen molar-refractivity contribution in [1.82, 2.24) is 0 Å². The van der Waals surface area contributed by atoms with E-state index < -0.39 is 17.4 Å². The summed E-state index contributed by atoms with van der Waals surface area (Å²) in [5.74, 6) is -0.265. The molecular weight excluding hydrogens is 435 g/mol. The number of para-hydroxylation sites is 1. The molecule has 29 heavy (non-hydrogen) atoms. The number of rotatable bonds is 7. The van der Waals surface area contributed by atoms with Crippen LogP contribution in [0.15, 0.2) is 60.7 Å². The zero-order chi connectivity index (χ0) is 20.9. The third kappa shape index (κ3) is 4.24. The molecule has 1 atom stereocenters. The molecule has 0 radical (unpaired) electrons. The van der Waals surface area contributed by atoms with E-state index in [4.69, 9.17) is 14.2 Å². The molecule has 0 saturated heterocycles. The van der Waals surface area contributed by atoms with Crippen LogP contribution in [0.4, 0.5) is 0 Å². The summed E-state index contributed by atoms with van der Waals surface area (Å²) in [5.41, 5.74) is 0.581. The molecule has 0 N–H and O–H groups in total. The van der Waals surface area contributed by atoms with Gasteiger partial charge >= 0.3 is 177 Å². The predicted octanol–water partition coefficient (Wildman–Crippen LogP) is 2.88. The molecule has 2 aromatic rings. The Morgan fingerprint density at radius 1 is 0.966 bits per heavy atom. The average molecular weight is 459 g/mol. The standard InChI is InChI=1S/C23H24O5Se/c1-26-19-11-7-8-12-20(19)29-15-17-13-23(21(24)27-2,22(25)28-3)14-18(17)16-9-5-4-6-10-16/h4-12,14,17H,13,15H2,1-3H3. The van der Waals surface area contributed by atoms with Crippen LogP contribution in [0, 0.1) is 11.3 Å². The van der Waals surface area contributed by atoms with Gasteiger partial charge in [0.05, 0.1) is 0 Å². The van der Waals surface area contributed by atoms with Gasteiger partial charge in [-0.15, -0.1) is 0 Å². The maximum absolute atomic E-state index is 12.7. The van der Waals surface area contributed by atoms with Gasteiger partial charge in [-0.2, -0.15) is 0 Å². The predicted molar refractivity (Wildman–Crippen MR) is 112 cm³/mol. The normalized spacial score (nSPS) is 17.3. The van der Waals surface area contributed by atoms with E-state index in [9.17, 15) is 9.59 Å². The zero-order valence-corrected chi connectivity index (χ0v) is 18.4. The molecule has 5 nitrogen and oxygen atoms in total. The van der Waals surface area contributed by atoms with Crippen molar-refractivity contribution >= 4 is 36.9 Å². The first-order valence-corrected chi connectivity index (χ1v) is 11.3. The van der Waals surface area contributed by atoms with Gasteiger partial charge in [0.1, 0.15) is 0 Å². The molecule has 0 aromatic heterocycles. The number of hydrogen-bond donors (Lipinski definition) is 0. The van der Waals surface area contributed by atoms with Crippen molar-refractivity contribution in [2.75, 3.05) is 21.3 Å². The molecule has 0 amide bonds. The fourth-order valence-electron chi connectivity index (χ4n) is 3.70. The molecule has 0 saturated carbocycles. The number of carbonyl (C=O) groups is 2. The fraction of sp³-hybridized carbons (Fsp3) is 0.304. The van der Waals surface area contributed by atoms with Gasteiger partial charge in [0.25, 0.3) is 0 Å². The Morgan fingerprint density at radius 2 is 1.59 bits per heavy atom. The number of allylic oxidation sites excluding steroid dienone is 1. The third-order valence-corrected chi connectivity index (χ3v) is 7.68. The van der Waals surface area contributed by atoms with Gasteiger partial charge in [-0.1, -0.05) is 0 Å². The summed E-state index contributed by atoms with van der Waals surface area (Å²) < 4.78 is 16.6. The van der Waals surface area contributed by atoms with Crippen LogP contribution in [0.1, 0.15) is 12.0 Å². The van der Waals surface area contributed by atoms with Crippen molar-refractivity contribution in [2.24, 2.45) is 11.3 Å². The van der Waals surface area contributed by atoms with Crippen LogP contribution in [-0.4, -0.2) is 48.2 Å². The Labute approximate surface area is 177 Å². The van der Waals surface area contributed by atoms with Gasteiger partial charge in [0, 0.05) is 0 Å². The van der Waals surface area contributed by atoms with Crippen LogP contribution in [0.2, 0.25) is 5.32 Å². The topological polar surface area (TPSA) is 61.8 Å². The first kappa shape index (κ1) is 21.2. The van der Waals surface area contributed by atoms with Crippen LogP contribution in [-0.2, 0) is 19.1 Å². The molecular formula is C23H24O5Se. The average Bonchev–Trinajstić information content (AvgIpc) is 3.18. The summed E-state index contributed by atoms with van der Waals surface area (Å²) in [5, 5.41) is 0.823. The molecule has 0 heterocycles. The SMILES string of the molecule is COC(=O)C1(C(=O)OC)C=C(c2ccccc2)C(C[Se]c2ccccc2OC)C1. The summed E-state index contributed by atoms with van der Waals surface area (Å²) >= 11 is 0.105. The minimum absolute atomic E-state index is 0.0283. The monoisotopic (exact) mass is 460 g/mol. The van der Waals surface area contributed by atoms with Gasteiger partial charge in [-0.3, -0.25) is 0 Å². The molecule has 2 aromatic carbocycles. The molecule has 1 unspecified atom stereocenters. The van der Waals surface area contributed by atoms with Gasteiger partial charge in [-0.25, -0.2) is 0 Å². The van der Waals surface area contributed by atoms with E-state index in [-0.39, 0.29) is 20.9 Å². The van der Waals surface area contributed by atoms with Crippen molar-refractivity contribution < 1.29 is 23.8 Å². The van der Waals surface area contributed by atoms with E-state index in [2.05, 4.69) is 6.07 Å². The number of esters is 2. The molecule has 3 rings (SSSR count). The summed E-state index contributed by atoms with van der Waals surface area (Å²) in [6, 6.07) is 17.8. The van der Waals surface area contributed by atoms with Crippen LogP contribution < -0.4 is 9.20 Å². The molecule has 0 fully saturated rings. The summed E-state index contributed by atoms with van der Waals surface area (Å²) in [6.45, 7) is 0. The molecule has 0 bridgehead atoms. The van der Waals surface area contributed by atoms with Crippen LogP contribution in [0.25, 0.3) is 5.57 Å². The van der Waals surface area contributed by atoms with Crippen molar-refractivity contribution in [2.45, 2.75) is 11.7 Å². The van der Waals surface area contributed by atoms with Crippen LogP contribution >= 0.6 is 0 Å². The van der Waals surface area contributed by atoms with Crippen molar-refractivity contribution in [3.63, 3.8) is 0 Å². The minimum atomic E-state index is -1.41. The first-order valence-electron chi connectivity index (χ1n) is 9.26. The Kier molecular flexibility index (Phi) is 6.78. The number of carbonyl (C=O) groups excluding carboxylic acids is 2. The molecule has 1 aliphatic carbocycles. The molecule has 0 spiro atoms. The first-order chi connectivity index (χ1) is 14.1. The fourth-order valence-corrected chi connectivity index (χ4v) is 6.11. The number of benzene rings is 2. The zero-order valence-electron chi connectivity index (χ0n) is 16.7. The Balaban J connectivity index is 1.96. The third-order valence-electron chi connectivity index (χ3n) is 5.13. The maximum atomic E-state index is 12.7. The van der Waals surface area contributed by atoms with Crippen LogP contribution in [0.3, 0.4) is 0 Å².